The van der Waals surface area contributed by atoms with E-state index >= 15 is 0 Å². The van der Waals surface area contributed by atoms with Gasteiger partial charge in [-0.15, -0.1) is 0 Å². The van der Waals surface area contributed by atoms with Crippen LogP contribution in [0.2, 0.25) is 33.5 Å². The monoisotopic (exact) mass is 506 g/mol. The molecule has 0 aromatic heterocycles. The molecule has 0 rings (SSSR count). The van der Waals surface area contributed by atoms with Crippen LogP contribution in [0.15, 0.2) is 0 Å². The van der Waals surface area contributed by atoms with Gasteiger partial charge in [0.2, 0.25) is 0 Å². The van der Waals surface area contributed by atoms with Crippen molar-refractivity contribution in [2.24, 2.45) is 0 Å². The molecule has 0 nitrogen and oxygen atoms in total. The number of unbranched alkanes of at least 4 members (excludes halogenated alkanes) is 7. The van der Waals surface area contributed by atoms with Crippen molar-refractivity contribution in [3.05, 3.63) is 0 Å². The van der Waals surface area contributed by atoms with Crippen LogP contribution in [0.1, 0.15) is 51.4 Å². The molecule has 0 bridgehead atoms. The van der Waals surface area contributed by atoms with Crippen LogP contribution in [0.4, 0.5) is 0 Å². The van der Waals surface area contributed by atoms with Crippen molar-refractivity contribution in [1.29, 1.82) is 0 Å². The molecule has 0 aromatic carbocycles. The summed E-state index contributed by atoms with van der Waals surface area (Å²) in [5, 5.41) is 2.99. The number of hydrogen-bond acceptors (Lipinski definition) is 0. The van der Waals surface area contributed by atoms with Crippen molar-refractivity contribution in [2.45, 2.75) is 84.9 Å². The second-order valence-corrected chi connectivity index (χ2v) is 45.6. The summed E-state index contributed by atoms with van der Waals surface area (Å²) < 4.78 is 0. The zero-order valence-electron chi connectivity index (χ0n) is 12.8. The van der Waals surface area contributed by atoms with E-state index in [1.54, 1.807) is 0 Å². The third-order valence-corrected chi connectivity index (χ3v) is 13.9. The summed E-state index contributed by atoms with van der Waals surface area (Å²) in [7, 11) is 0. The average Bonchev–Trinajstić information content (AvgIpc) is 2.17. The predicted molar refractivity (Wildman–Crippen MR) is 99.4 cm³/mol. The van der Waals surface area contributed by atoms with Crippen molar-refractivity contribution in [3.63, 3.8) is 0 Å². The summed E-state index contributed by atoms with van der Waals surface area (Å²) in [5.74, 6) is 9.82. The summed E-state index contributed by atoms with van der Waals surface area (Å²) in [4.78, 5) is 0. The zero-order valence-corrected chi connectivity index (χ0v) is 20.2. The van der Waals surface area contributed by atoms with Crippen LogP contribution in [0.25, 0.3) is 0 Å². The van der Waals surface area contributed by atoms with Crippen molar-refractivity contribution in [3.8, 4) is 0 Å². The van der Waals surface area contributed by atoms with E-state index in [1.807, 2.05) is 0 Å². The first kappa shape index (κ1) is 20.0. The van der Waals surface area contributed by atoms with Crippen LogP contribution in [-0.2, 0) is 0 Å². The van der Waals surface area contributed by atoms with Crippen molar-refractivity contribution < 1.29 is 0 Å². The fourth-order valence-electron chi connectivity index (χ4n) is 2.15. The van der Waals surface area contributed by atoms with Gasteiger partial charge in [0, 0.05) is 0 Å². The van der Waals surface area contributed by atoms with Crippen molar-refractivity contribution >= 4 is 50.9 Å². The summed E-state index contributed by atoms with van der Waals surface area (Å²) in [6, 6.07) is 0. The molecular formula is C14H32Br2Ge2. The van der Waals surface area contributed by atoms with Gasteiger partial charge >= 0.3 is 136 Å². The van der Waals surface area contributed by atoms with Gasteiger partial charge in [-0.25, -0.2) is 0 Å². The molecule has 110 valence electrons. The molecule has 0 saturated heterocycles. The Balaban J connectivity index is 3.13. The summed E-state index contributed by atoms with van der Waals surface area (Å²) in [6.07, 6.45) is 11.7. The van der Waals surface area contributed by atoms with Gasteiger partial charge in [-0.1, -0.05) is 0 Å². The van der Waals surface area contributed by atoms with Crippen molar-refractivity contribution in [1.82, 2.24) is 0 Å². The molecule has 0 N–H and O–H groups in total. The Kier molecular flexibility index (Phi) is 11.9. The van der Waals surface area contributed by atoms with Crippen LogP contribution < -0.4 is 0 Å². The van der Waals surface area contributed by atoms with Gasteiger partial charge < -0.3 is 0 Å². The third kappa shape index (κ3) is 18.0. The van der Waals surface area contributed by atoms with Crippen LogP contribution in [-0.4, -0.2) is 22.8 Å². The molecule has 0 amide bonds. The Morgan fingerprint density at radius 1 is 0.500 bits per heavy atom. The fourth-order valence-corrected chi connectivity index (χ4v) is 9.64. The predicted octanol–water partition coefficient (Wildman–Crippen LogP) is 7.31. The molecule has 0 aliphatic carbocycles. The summed E-state index contributed by atoms with van der Waals surface area (Å²) in [6.45, 7) is 0. The van der Waals surface area contributed by atoms with Crippen molar-refractivity contribution in [2.75, 3.05) is 0 Å². The van der Waals surface area contributed by atoms with Gasteiger partial charge in [-0.05, 0) is 0 Å². The van der Waals surface area contributed by atoms with Crippen LogP contribution in [0.3, 0.4) is 0 Å². The summed E-state index contributed by atoms with van der Waals surface area (Å²) in [5.41, 5.74) is 0. The van der Waals surface area contributed by atoms with E-state index in [0.717, 1.165) is 0 Å². The molecule has 0 aromatic rings. The molecule has 4 heteroatoms. The molecule has 0 aliphatic heterocycles. The molecule has 0 saturated carbocycles. The van der Waals surface area contributed by atoms with Gasteiger partial charge in [-0.3, -0.25) is 0 Å². The van der Waals surface area contributed by atoms with Gasteiger partial charge in [0.1, 0.15) is 0 Å². The number of hydrogen-bond donors (Lipinski definition) is 0. The second kappa shape index (κ2) is 10.7. The second-order valence-electron chi connectivity index (χ2n) is 6.77. The number of halogens is 2. The first-order valence-electron chi connectivity index (χ1n) is 7.59. The Hall–Kier alpha value is 2.05. The molecule has 18 heavy (non-hydrogen) atoms. The van der Waals surface area contributed by atoms with E-state index < -0.39 is 22.8 Å². The molecule has 0 atom stereocenters. The van der Waals surface area contributed by atoms with E-state index in [-0.39, 0.29) is 0 Å². The molecule has 0 heterocycles. The maximum atomic E-state index is 3.89. The van der Waals surface area contributed by atoms with E-state index in [4.69, 9.17) is 0 Å². The number of rotatable bonds is 11. The molecule has 0 unspecified atom stereocenters. The van der Waals surface area contributed by atoms with Gasteiger partial charge in [0.25, 0.3) is 0 Å². The average molecular weight is 505 g/mol. The van der Waals surface area contributed by atoms with E-state index in [2.05, 4.69) is 51.0 Å². The maximum absolute atomic E-state index is 3.89. The molecule has 0 radical (unpaired) electrons. The van der Waals surface area contributed by atoms with Crippen LogP contribution in [0, 0.1) is 0 Å². The van der Waals surface area contributed by atoms with E-state index in [1.165, 1.54) is 61.9 Å². The Labute approximate surface area is 134 Å². The Morgan fingerprint density at radius 2 is 0.722 bits per heavy atom. The topological polar surface area (TPSA) is 0 Å². The van der Waals surface area contributed by atoms with Crippen LogP contribution >= 0.6 is 28.0 Å². The first-order valence-corrected chi connectivity index (χ1v) is 28.8. The molecule has 0 spiro atoms. The van der Waals surface area contributed by atoms with Gasteiger partial charge in [0.05, 0.1) is 0 Å². The normalized spacial score (nSPS) is 13.0. The fraction of sp³-hybridized carbons (Fsp3) is 1.00. The first-order chi connectivity index (χ1) is 8.21. The standard InChI is InChI=1S/C14H32Br2Ge2/c1-17(2,15)13-11-9-7-5-6-8-10-12-14-18(3,4)16/h5-14H2,1-4H3. The molecular weight excluding hydrogens is 473 g/mol. The molecule has 0 aliphatic rings. The van der Waals surface area contributed by atoms with Gasteiger partial charge in [0.15, 0.2) is 0 Å². The minimum absolute atomic E-state index is 1.40. The zero-order chi connectivity index (χ0) is 14.1. The molecule has 0 fully saturated rings. The Morgan fingerprint density at radius 3 is 0.944 bits per heavy atom. The van der Waals surface area contributed by atoms with Crippen LogP contribution in [0.5, 0.6) is 0 Å². The Bertz CT molecular complexity index is 173. The minimum atomic E-state index is -1.40. The van der Waals surface area contributed by atoms with Gasteiger partial charge in [-0.2, -0.15) is 0 Å². The SMILES string of the molecule is [CH3][Ge]([CH3])([Br])[CH2]CCCCCCCC[CH2][Ge]([CH3])([CH3])[Br]. The van der Waals surface area contributed by atoms with E-state index in [0.29, 0.717) is 0 Å². The summed E-state index contributed by atoms with van der Waals surface area (Å²) >= 11 is 4.98. The van der Waals surface area contributed by atoms with E-state index in [9.17, 15) is 0 Å². The quantitative estimate of drug-likeness (QED) is 0.204. The third-order valence-electron chi connectivity index (χ3n) is 3.29.